The molecule has 2 aromatic carbocycles. The Bertz CT molecular complexity index is 556. The van der Waals surface area contributed by atoms with Gasteiger partial charge in [0.15, 0.2) is 0 Å². The average Bonchev–Trinajstić information content (AvgIpc) is 2.44. The molecule has 0 heterocycles. The van der Waals surface area contributed by atoms with Gasteiger partial charge in [0.1, 0.15) is 12.5 Å². The summed E-state index contributed by atoms with van der Waals surface area (Å²) < 4.78 is 27.7. The van der Waals surface area contributed by atoms with Crippen LogP contribution in [0.5, 0.6) is 0 Å². The second kappa shape index (κ2) is 8.61. The Morgan fingerprint density at radius 1 is 0.950 bits per heavy atom. The van der Waals surface area contributed by atoms with Crippen LogP contribution in [0, 0.1) is 12.7 Å². The molecule has 0 aromatic heterocycles. The molecule has 0 aliphatic rings. The van der Waals surface area contributed by atoms with E-state index >= 15 is 0 Å². The zero-order valence-corrected chi connectivity index (χ0v) is 16.7. The molecule has 2 aromatic rings. The molecule has 0 amide bonds. The molecule has 0 N–H and O–H groups in total. The standard InChI is InChI=1S/C7H4Br3F.C7H6BrF/c1-3-4(8)2-5(11)7(10)6(3)9;8-7-3-1-6(5-9)2-4-7/h2H,1H3;1-4H,5H2. The van der Waals surface area contributed by atoms with Crippen LogP contribution in [-0.4, -0.2) is 0 Å². The van der Waals surface area contributed by atoms with Gasteiger partial charge in [-0.1, -0.05) is 44.0 Å². The lowest BCUT2D eigenvalue weighted by molar-refractivity contribution is 0.485. The van der Waals surface area contributed by atoms with E-state index in [0.717, 1.165) is 24.5 Å². The highest BCUT2D eigenvalue weighted by Crippen LogP contribution is 2.33. The first-order valence-electron chi connectivity index (χ1n) is 5.46. The summed E-state index contributed by atoms with van der Waals surface area (Å²) in [4.78, 5) is 0. The van der Waals surface area contributed by atoms with Crippen LogP contribution >= 0.6 is 63.7 Å². The fraction of sp³-hybridized carbons (Fsp3) is 0.143. The minimum Gasteiger partial charge on any atom is -0.246 e. The number of rotatable bonds is 1. The van der Waals surface area contributed by atoms with E-state index in [1.54, 1.807) is 12.1 Å². The van der Waals surface area contributed by atoms with Crippen molar-refractivity contribution in [2.24, 2.45) is 0 Å². The zero-order chi connectivity index (χ0) is 15.3. The molecule has 0 aliphatic heterocycles. The maximum Gasteiger partial charge on any atom is 0.139 e. The minimum atomic E-state index is -0.382. The first-order chi connectivity index (χ1) is 9.36. The first kappa shape index (κ1) is 18.3. The van der Waals surface area contributed by atoms with Gasteiger partial charge < -0.3 is 0 Å². The van der Waals surface area contributed by atoms with E-state index in [4.69, 9.17) is 0 Å². The summed E-state index contributed by atoms with van der Waals surface area (Å²) in [6.07, 6.45) is 0. The minimum absolute atomic E-state index is 0.269. The van der Waals surface area contributed by atoms with Crippen LogP contribution < -0.4 is 0 Å². The summed E-state index contributed by atoms with van der Waals surface area (Å²) in [6.45, 7) is 1.52. The average molecular weight is 536 g/mol. The largest absolute Gasteiger partial charge is 0.246 e. The molecule has 0 saturated heterocycles. The number of alkyl halides is 1. The topological polar surface area (TPSA) is 0 Å². The van der Waals surface area contributed by atoms with Crippen molar-refractivity contribution in [3.8, 4) is 0 Å². The fourth-order valence-corrected chi connectivity index (χ4v) is 2.98. The molecule has 0 atom stereocenters. The third-order valence-electron chi connectivity index (χ3n) is 2.41. The molecular weight excluding hydrogens is 526 g/mol. The number of hydrogen-bond donors (Lipinski definition) is 0. The van der Waals surface area contributed by atoms with E-state index in [2.05, 4.69) is 63.7 Å². The molecule has 108 valence electrons. The van der Waals surface area contributed by atoms with Crippen LogP contribution in [0.1, 0.15) is 11.1 Å². The molecular formula is C14H10Br4F2. The van der Waals surface area contributed by atoms with Gasteiger partial charge in [-0.05, 0) is 68.1 Å². The highest BCUT2D eigenvalue weighted by atomic mass is 79.9. The van der Waals surface area contributed by atoms with E-state index < -0.39 is 0 Å². The van der Waals surface area contributed by atoms with Crippen LogP contribution in [0.15, 0.2) is 48.2 Å². The van der Waals surface area contributed by atoms with Crippen LogP contribution in [0.3, 0.4) is 0 Å². The fourth-order valence-electron chi connectivity index (χ4n) is 1.23. The van der Waals surface area contributed by atoms with Gasteiger partial charge in [-0.2, -0.15) is 0 Å². The second-order valence-electron chi connectivity index (χ2n) is 3.85. The monoisotopic (exact) mass is 532 g/mol. The predicted molar refractivity (Wildman–Crippen MR) is 93.2 cm³/mol. The van der Waals surface area contributed by atoms with Crippen molar-refractivity contribution < 1.29 is 8.78 Å². The Balaban J connectivity index is 0.000000204. The Kier molecular flexibility index (Phi) is 7.87. The van der Waals surface area contributed by atoms with Gasteiger partial charge in [0.25, 0.3) is 0 Å². The lowest BCUT2D eigenvalue weighted by atomic mass is 10.2. The Morgan fingerprint density at radius 2 is 1.50 bits per heavy atom. The molecule has 20 heavy (non-hydrogen) atoms. The summed E-state index contributed by atoms with van der Waals surface area (Å²) in [5, 5.41) is 0. The van der Waals surface area contributed by atoms with E-state index in [9.17, 15) is 8.78 Å². The van der Waals surface area contributed by atoms with Crippen molar-refractivity contribution in [2.75, 3.05) is 0 Å². The number of benzene rings is 2. The number of halogens is 6. The van der Waals surface area contributed by atoms with Crippen molar-refractivity contribution in [3.63, 3.8) is 0 Å². The van der Waals surface area contributed by atoms with Gasteiger partial charge in [0, 0.05) is 13.4 Å². The van der Waals surface area contributed by atoms with Gasteiger partial charge in [0.05, 0.1) is 4.47 Å². The summed E-state index contributed by atoms with van der Waals surface area (Å²) in [6, 6.07) is 8.60. The van der Waals surface area contributed by atoms with Crippen LogP contribution in [0.4, 0.5) is 8.78 Å². The Labute approximate surface area is 150 Å². The third kappa shape index (κ3) is 5.20. The molecule has 0 bridgehead atoms. The molecule has 0 saturated carbocycles. The van der Waals surface area contributed by atoms with Crippen molar-refractivity contribution in [2.45, 2.75) is 13.6 Å². The van der Waals surface area contributed by atoms with Crippen LogP contribution in [-0.2, 0) is 6.67 Å². The number of hydrogen-bond acceptors (Lipinski definition) is 0. The molecule has 0 aliphatic carbocycles. The quantitative estimate of drug-likeness (QED) is 0.265. The van der Waals surface area contributed by atoms with Crippen LogP contribution in [0.25, 0.3) is 0 Å². The summed E-state index contributed by atoms with van der Waals surface area (Å²) >= 11 is 12.9. The zero-order valence-electron chi connectivity index (χ0n) is 10.4. The Morgan fingerprint density at radius 3 is 2.00 bits per heavy atom. The molecule has 6 heteroatoms. The molecule has 0 radical (unpaired) electrons. The van der Waals surface area contributed by atoms with Gasteiger partial charge in [-0.25, -0.2) is 8.78 Å². The van der Waals surface area contributed by atoms with Crippen molar-refractivity contribution >= 4 is 63.7 Å². The molecule has 0 unspecified atom stereocenters. The smallest absolute Gasteiger partial charge is 0.139 e. The van der Waals surface area contributed by atoms with Gasteiger partial charge in [-0.15, -0.1) is 0 Å². The van der Waals surface area contributed by atoms with Gasteiger partial charge in [0.2, 0.25) is 0 Å². The predicted octanol–water partition coefficient (Wildman–Crippen LogP) is 7.34. The lowest BCUT2D eigenvalue weighted by Gasteiger charge is -2.04. The molecule has 2 rings (SSSR count). The summed E-state index contributed by atoms with van der Waals surface area (Å²) in [5.74, 6) is -0.269. The van der Waals surface area contributed by atoms with E-state index in [-0.39, 0.29) is 12.5 Å². The van der Waals surface area contributed by atoms with E-state index in [1.807, 2.05) is 19.1 Å². The maximum absolute atomic E-state index is 12.9. The lowest BCUT2D eigenvalue weighted by Crippen LogP contribution is -1.85. The van der Waals surface area contributed by atoms with Crippen molar-refractivity contribution in [1.29, 1.82) is 0 Å². The Hall–Kier alpha value is 0.220. The molecule has 0 spiro atoms. The van der Waals surface area contributed by atoms with Crippen molar-refractivity contribution in [1.82, 2.24) is 0 Å². The SMILES string of the molecule is Cc1c(Br)cc(F)c(Br)c1Br.FCc1ccc(Br)cc1. The molecule has 0 nitrogen and oxygen atoms in total. The van der Waals surface area contributed by atoms with Crippen molar-refractivity contribution in [3.05, 3.63) is 65.2 Å². The highest BCUT2D eigenvalue weighted by Gasteiger charge is 2.09. The van der Waals surface area contributed by atoms with Crippen LogP contribution in [0.2, 0.25) is 0 Å². The van der Waals surface area contributed by atoms with Gasteiger partial charge in [-0.3, -0.25) is 0 Å². The summed E-state index contributed by atoms with van der Waals surface area (Å²) in [7, 11) is 0. The normalized spacial score (nSPS) is 9.95. The first-order valence-corrected chi connectivity index (χ1v) is 8.64. The highest BCUT2D eigenvalue weighted by molar-refractivity contribution is 9.13. The van der Waals surface area contributed by atoms with E-state index in [0.29, 0.717) is 4.47 Å². The molecule has 0 fully saturated rings. The second-order valence-corrected chi connectivity index (χ2v) is 7.21. The summed E-state index contributed by atoms with van der Waals surface area (Å²) in [5.41, 5.74) is 1.71. The van der Waals surface area contributed by atoms with E-state index in [1.165, 1.54) is 6.07 Å². The third-order valence-corrected chi connectivity index (χ3v) is 6.06. The van der Waals surface area contributed by atoms with Gasteiger partial charge >= 0.3 is 0 Å². The maximum atomic E-state index is 12.9.